The number of nitro groups is 1. The Bertz CT molecular complexity index is 327. The Morgan fingerprint density at radius 2 is 2.00 bits per heavy atom. The van der Waals surface area contributed by atoms with Gasteiger partial charge in [-0.1, -0.05) is 0 Å². The lowest BCUT2D eigenvalue weighted by Crippen LogP contribution is -2.01. The lowest BCUT2D eigenvalue weighted by Gasteiger charge is -2.05. The van der Waals surface area contributed by atoms with Crippen LogP contribution in [0.25, 0.3) is 0 Å². The zero-order chi connectivity index (χ0) is 11.8. The summed E-state index contributed by atoms with van der Waals surface area (Å²) in [5, 5.41) is 13.7. The summed E-state index contributed by atoms with van der Waals surface area (Å²) in [6.45, 7) is 0.915. The third kappa shape index (κ3) is 4.53. The number of hydrogen-bond acceptors (Lipinski definition) is 4. The molecule has 5 heteroatoms. The lowest BCUT2D eigenvalue weighted by atomic mass is 10.2. The number of rotatable bonds is 7. The first kappa shape index (κ1) is 12.8. The average Bonchev–Trinajstić information content (AvgIpc) is 2.29. The van der Waals surface area contributed by atoms with Crippen LogP contribution in [0, 0.1) is 10.1 Å². The van der Waals surface area contributed by atoms with Crippen molar-refractivity contribution in [1.29, 1.82) is 0 Å². The van der Waals surface area contributed by atoms with Crippen LogP contribution in [0.3, 0.4) is 0 Å². The molecule has 0 bridgehead atoms. The van der Waals surface area contributed by atoms with Gasteiger partial charge in [-0.3, -0.25) is 10.1 Å². The third-order valence-corrected chi connectivity index (χ3v) is 2.88. The van der Waals surface area contributed by atoms with Gasteiger partial charge in [-0.15, -0.1) is 0 Å². The summed E-state index contributed by atoms with van der Waals surface area (Å²) >= 11 is 1.85. The third-order valence-electron chi connectivity index (χ3n) is 2.18. The maximum Gasteiger partial charge on any atom is 0.269 e. The van der Waals surface area contributed by atoms with Crippen molar-refractivity contribution in [2.45, 2.75) is 12.8 Å². The molecule has 0 aromatic heterocycles. The van der Waals surface area contributed by atoms with Crippen LogP contribution in [0.2, 0.25) is 0 Å². The summed E-state index contributed by atoms with van der Waals surface area (Å²) < 4.78 is 0. The summed E-state index contributed by atoms with van der Waals surface area (Å²) in [6.07, 6.45) is 4.42. The molecule has 0 aliphatic heterocycles. The lowest BCUT2D eigenvalue weighted by molar-refractivity contribution is -0.384. The van der Waals surface area contributed by atoms with Crippen molar-refractivity contribution in [2.75, 3.05) is 23.9 Å². The van der Waals surface area contributed by atoms with Crippen molar-refractivity contribution in [3.8, 4) is 0 Å². The summed E-state index contributed by atoms with van der Waals surface area (Å²) in [5.41, 5.74) is 1.07. The minimum atomic E-state index is -0.387. The van der Waals surface area contributed by atoms with Gasteiger partial charge in [-0.05, 0) is 37.0 Å². The maximum atomic E-state index is 10.4. The molecule has 1 N–H and O–H groups in total. The van der Waals surface area contributed by atoms with Crippen LogP contribution >= 0.6 is 11.8 Å². The molecule has 0 fully saturated rings. The van der Waals surface area contributed by atoms with Gasteiger partial charge in [0.05, 0.1) is 4.92 Å². The van der Waals surface area contributed by atoms with Crippen LogP contribution < -0.4 is 5.32 Å². The molecular formula is C11H16N2O2S. The highest BCUT2D eigenvalue weighted by atomic mass is 32.2. The van der Waals surface area contributed by atoms with E-state index in [0.29, 0.717) is 0 Å². The molecule has 0 aliphatic rings. The largest absolute Gasteiger partial charge is 0.385 e. The van der Waals surface area contributed by atoms with E-state index >= 15 is 0 Å². The molecule has 0 aliphatic carbocycles. The van der Waals surface area contributed by atoms with Crippen LogP contribution in [0.4, 0.5) is 11.4 Å². The zero-order valence-electron chi connectivity index (χ0n) is 9.31. The fraction of sp³-hybridized carbons (Fsp3) is 0.455. The van der Waals surface area contributed by atoms with Crippen molar-refractivity contribution >= 4 is 23.1 Å². The molecule has 0 saturated carbocycles. The SMILES string of the molecule is CSCCCCNc1ccc([N+](=O)[O-])cc1. The molecular weight excluding hydrogens is 224 g/mol. The van der Waals surface area contributed by atoms with Crippen LogP contribution in [0.15, 0.2) is 24.3 Å². The predicted molar refractivity (Wildman–Crippen MR) is 69.2 cm³/mol. The van der Waals surface area contributed by atoms with Crippen LogP contribution in [0.5, 0.6) is 0 Å². The molecule has 4 nitrogen and oxygen atoms in total. The van der Waals surface area contributed by atoms with E-state index in [4.69, 9.17) is 0 Å². The van der Waals surface area contributed by atoms with Gasteiger partial charge in [0.1, 0.15) is 0 Å². The maximum absolute atomic E-state index is 10.4. The van der Waals surface area contributed by atoms with E-state index in [-0.39, 0.29) is 10.6 Å². The van der Waals surface area contributed by atoms with Gasteiger partial charge >= 0.3 is 0 Å². The van der Waals surface area contributed by atoms with E-state index in [9.17, 15) is 10.1 Å². The van der Waals surface area contributed by atoms with Crippen LogP contribution in [0.1, 0.15) is 12.8 Å². The Labute approximate surface area is 99.6 Å². The summed E-state index contributed by atoms with van der Waals surface area (Å²) in [7, 11) is 0. The second kappa shape index (κ2) is 7.11. The van der Waals surface area contributed by atoms with Crippen LogP contribution in [-0.2, 0) is 0 Å². The quantitative estimate of drug-likeness (QED) is 0.452. The van der Waals surface area contributed by atoms with E-state index in [0.717, 1.165) is 18.7 Å². The van der Waals surface area contributed by atoms with Gasteiger partial charge in [0, 0.05) is 24.4 Å². The van der Waals surface area contributed by atoms with Gasteiger partial charge in [0.25, 0.3) is 5.69 Å². The first-order chi connectivity index (χ1) is 7.74. The molecule has 0 unspecified atom stereocenters. The highest BCUT2D eigenvalue weighted by molar-refractivity contribution is 7.98. The van der Waals surface area contributed by atoms with Gasteiger partial charge in [-0.2, -0.15) is 11.8 Å². The molecule has 0 spiro atoms. The number of nitro benzene ring substituents is 1. The Hall–Kier alpha value is -1.23. The molecule has 0 amide bonds. The number of benzene rings is 1. The Balaban J connectivity index is 2.29. The van der Waals surface area contributed by atoms with E-state index in [1.807, 2.05) is 11.8 Å². The molecule has 88 valence electrons. The number of nitrogens with one attached hydrogen (secondary N) is 1. The fourth-order valence-corrected chi connectivity index (χ4v) is 1.80. The average molecular weight is 240 g/mol. The smallest absolute Gasteiger partial charge is 0.269 e. The zero-order valence-corrected chi connectivity index (χ0v) is 10.1. The standard InChI is InChI=1S/C11H16N2O2S/c1-16-9-3-2-8-12-10-4-6-11(7-5-10)13(14)15/h4-7,12H,2-3,8-9H2,1H3. The highest BCUT2D eigenvalue weighted by Gasteiger charge is 2.02. The second-order valence-electron chi connectivity index (χ2n) is 3.43. The topological polar surface area (TPSA) is 55.2 Å². The van der Waals surface area contributed by atoms with Gasteiger partial charge in [0.15, 0.2) is 0 Å². The molecule has 0 heterocycles. The summed E-state index contributed by atoms with van der Waals surface area (Å²) in [4.78, 5) is 10.0. The number of nitrogens with zero attached hydrogens (tertiary/aromatic N) is 1. The van der Waals surface area contributed by atoms with E-state index < -0.39 is 0 Å². The molecule has 0 saturated heterocycles. The fourth-order valence-electron chi connectivity index (χ4n) is 1.31. The molecule has 0 radical (unpaired) electrons. The number of hydrogen-bond donors (Lipinski definition) is 1. The Morgan fingerprint density at radius 3 is 2.56 bits per heavy atom. The minimum absolute atomic E-state index is 0.132. The van der Waals surface area contributed by atoms with Gasteiger partial charge in [0.2, 0.25) is 0 Å². The number of thioether (sulfide) groups is 1. The number of anilines is 1. The van der Waals surface area contributed by atoms with Crippen molar-refractivity contribution in [1.82, 2.24) is 0 Å². The Kier molecular flexibility index (Phi) is 5.71. The van der Waals surface area contributed by atoms with E-state index in [2.05, 4.69) is 11.6 Å². The molecule has 0 atom stereocenters. The summed E-state index contributed by atoms with van der Waals surface area (Å²) in [5.74, 6) is 1.18. The van der Waals surface area contributed by atoms with Gasteiger partial charge < -0.3 is 5.32 Å². The van der Waals surface area contributed by atoms with Crippen molar-refractivity contribution in [3.05, 3.63) is 34.4 Å². The van der Waals surface area contributed by atoms with Gasteiger partial charge in [-0.25, -0.2) is 0 Å². The monoisotopic (exact) mass is 240 g/mol. The summed E-state index contributed by atoms with van der Waals surface area (Å²) in [6, 6.07) is 6.52. The predicted octanol–water partition coefficient (Wildman–Crippen LogP) is 3.15. The van der Waals surface area contributed by atoms with Crippen molar-refractivity contribution in [3.63, 3.8) is 0 Å². The van der Waals surface area contributed by atoms with Crippen molar-refractivity contribution < 1.29 is 4.92 Å². The Morgan fingerprint density at radius 1 is 1.31 bits per heavy atom. The van der Waals surface area contributed by atoms with E-state index in [1.54, 1.807) is 12.1 Å². The normalized spacial score (nSPS) is 10.1. The first-order valence-corrected chi connectivity index (χ1v) is 6.60. The molecule has 1 rings (SSSR count). The first-order valence-electron chi connectivity index (χ1n) is 5.21. The molecule has 1 aromatic rings. The van der Waals surface area contributed by atoms with Crippen molar-refractivity contribution in [2.24, 2.45) is 0 Å². The number of non-ortho nitro benzene ring substituents is 1. The number of unbranched alkanes of at least 4 members (excludes halogenated alkanes) is 1. The highest BCUT2D eigenvalue weighted by Crippen LogP contribution is 2.15. The minimum Gasteiger partial charge on any atom is -0.385 e. The molecule has 1 aromatic carbocycles. The van der Waals surface area contributed by atoms with E-state index in [1.165, 1.54) is 24.3 Å². The molecule has 16 heavy (non-hydrogen) atoms. The second-order valence-corrected chi connectivity index (χ2v) is 4.42. The van der Waals surface area contributed by atoms with Crippen LogP contribution in [-0.4, -0.2) is 23.5 Å².